The van der Waals surface area contributed by atoms with Crippen LogP contribution < -0.4 is 5.73 Å². The van der Waals surface area contributed by atoms with E-state index in [0.29, 0.717) is 0 Å². The first kappa shape index (κ1) is 10.5. The number of carboxylic acid groups (broad SMARTS) is 1. The van der Waals surface area contributed by atoms with E-state index in [-0.39, 0.29) is 6.16 Å². The monoisotopic (exact) mass is 180 g/mol. The molecular weight excluding hydrogens is 169 g/mol. The number of hydrogen-bond acceptors (Lipinski definition) is 3. The second kappa shape index (κ2) is 4.38. The lowest BCUT2D eigenvalue weighted by atomic mass is 10.1. The zero-order valence-electron chi connectivity index (χ0n) is 6.10. The molecule has 3 unspecified atom stereocenters. The van der Waals surface area contributed by atoms with Crippen molar-refractivity contribution in [3.63, 3.8) is 0 Å². The molecule has 5 nitrogen and oxygen atoms in total. The van der Waals surface area contributed by atoms with Crippen molar-refractivity contribution in [1.82, 2.24) is 0 Å². The Bertz CT molecular complexity index is 170. The summed E-state index contributed by atoms with van der Waals surface area (Å²) in [6.45, 7) is 1.50. The number of rotatable bonds is 4. The Balaban J connectivity index is 4.12. The Morgan fingerprint density at radius 1 is 1.73 bits per heavy atom. The van der Waals surface area contributed by atoms with Gasteiger partial charge in [0, 0.05) is 6.04 Å². The molecule has 0 bridgehead atoms. The van der Waals surface area contributed by atoms with E-state index in [4.69, 9.17) is 15.7 Å². The SMILES string of the molecule is CC(N)C(C[P+](=O)O)C(=O)O. The average molecular weight is 180 g/mol. The van der Waals surface area contributed by atoms with Crippen LogP contribution in [0, 0.1) is 5.92 Å². The van der Waals surface area contributed by atoms with Crippen LogP contribution in [0.2, 0.25) is 0 Å². The summed E-state index contributed by atoms with van der Waals surface area (Å²) in [5.74, 6) is -2.05. The Hall–Kier alpha value is -0.510. The number of hydrogen-bond donors (Lipinski definition) is 3. The van der Waals surface area contributed by atoms with Crippen molar-refractivity contribution in [2.45, 2.75) is 13.0 Å². The first-order valence-corrected chi connectivity index (χ1v) is 4.47. The third-order valence-corrected chi connectivity index (χ3v) is 2.01. The van der Waals surface area contributed by atoms with Gasteiger partial charge in [0.2, 0.25) is 0 Å². The molecule has 64 valence electrons. The van der Waals surface area contributed by atoms with Crippen LogP contribution in [0.15, 0.2) is 0 Å². The smallest absolute Gasteiger partial charge is 0.481 e. The highest BCUT2D eigenvalue weighted by atomic mass is 31.1. The van der Waals surface area contributed by atoms with Gasteiger partial charge in [0.15, 0.2) is 6.16 Å². The first-order chi connectivity index (χ1) is 4.95. The molecule has 3 atom stereocenters. The van der Waals surface area contributed by atoms with E-state index >= 15 is 0 Å². The molecule has 0 aliphatic heterocycles. The van der Waals surface area contributed by atoms with E-state index in [1.807, 2.05) is 0 Å². The van der Waals surface area contributed by atoms with E-state index in [1.165, 1.54) is 6.92 Å². The van der Waals surface area contributed by atoms with Crippen molar-refractivity contribution in [2.75, 3.05) is 6.16 Å². The van der Waals surface area contributed by atoms with Gasteiger partial charge in [-0.2, -0.15) is 4.89 Å². The fraction of sp³-hybridized carbons (Fsp3) is 0.800. The molecule has 11 heavy (non-hydrogen) atoms. The van der Waals surface area contributed by atoms with E-state index in [2.05, 4.69) is 0 Å². The number of nitrogens with two attached hydrogens (primary N) is 1. The van der Waals surface area contributed by atoms with E-state index in [1.54, 1.807) is 0 Å². The average Bonchev–Trinajstić information content (AvgIpc) is 1.81. The molecule has 0 aromatic rings. The molecule has 0 saturated heterocycles. The van der Waals surface area contributed by atoms with Gasteiger partial charge < -0.3 is 10.8 Å². The standard InChI is InChI=1S/C5H10NO4P/c1-3(6)4(5(7)8)2-11(9)10/h3-4H,2,6H2,1H3,(H-,7,8,9,10)/p+1. The van der Waals surface area contributed by atoms with Crippen LogP contribution in [0.5, 0.6) is 0 Å². The number of carboxylic acids is 1. The highest BCUT2D eigenvalue weighted by molar-refractivity contribution is 7.38. The van der Waals surface area contributed by atoms with Crippen LogP contribution >= 0.6 is 8.03 Å². The van der Waals surface area contributed by atoms with Gasteiger partial charge in [0.1, 0.15) is 5.92 Å². The Kier molecular flexibility index (Phi) is 4.18. The van der Waals surface area contributed by atoms with Crippen molar-refractivity contribution in [1.29, 1.82) is 0 Å². The molecule has 0 spiro atoms. The minimum atomic E-state index is -2.42. The van der Waals surface area contributed by atoms with Gasteiger partial charge in [-0.25, -0.2) is 0 Å². The molecule has 0 heterocycles. The summed E-state index contributed by atoms with van der Waals surface area (Å²) in [6.07, 6.45) is -0.275. The molecule has 0 aromatic carbocycles. The summed E-state index contributed by atoms with van der Waals surface area (Å²) in [6, 6.07) is -0.599. The van der Waals surface area contributed by atoms with Crippen LogP contribution in [0.1, 0.15) is 6.92 Å². The fourth-order valence-electron chi connectivity index (χ4n) is 0.638. The van der Waals surface area contributed by atoms with Crippen molar-refractivity contribution < 1.29 is 19.4 Å². The van der Waals surface area contributed by atoms with Crippen molar-refractivity contribution in [3.8, 4) is 0 Å². The lowest BCUT2D eigenvalue weighted by molar-refractivity contribution is -0.141. The third kappa shape index (κ3) is 4.03. The van der Waals surface area contributed by atoms with Gasteiger partial charge in [-0.15, -0.1) is 0 Å². The molecule has 4 N–H and O–H groups in total. The largest absolute Gasteiger partial charge is 0.506 e. The fourth-order valence-corrected chi connectivity index (χ4v) is 1.46. The van der Waals surface area contributed by atoms with Crippen LogP contribution in [-0.2, 0) is 9.36 Å². The van der Waals surface area contributed by atoms with E-state index in [9.17, 15) is 9.36 Å². The topological polar surface area (TPSA) is 101 Å². The zero-order valence-corrected chi connectivity index (χ0v) is 6.99. The molecule has 0 amide bonds. The van der Waals surface area contributed by atoms with Gasteiger partial charge in [0.05, 0.1) is 0 Å². The molecule has 0 saturated carbocycles. The maximum Gasteiger partial charge on any atom is 0.506 e. The van der Waals surface area contributed by atoms with Crippen molar-refractivity contribution >= 4 is 14.0 Å². The van der Waals surface area contributed by atoms with Gasteiger partial charge in [0.25, 0.3) is 0 Å². The van der Waals surface area contributed by atoms with Gasteiger partial charge in [-0.3, -0.25) is 4.79 Å². The van der Waals surface area contributed by atoms with Gasteiger partial charge in [-0.05, 0) is 11.5 Å². The predicted molar refractivity (Wildman–Crippen MR) is 39.5 cm³/mol. The normalized spacial score (nSPS) is 17.2. The Morgan fingerprint density at radius 3 is 2.27 bits per heavy atom. The summed E-state index contributed by atoms with van der Waals surface area (Å²) < 4.78 is 10.2. The summed E-state index contributed by atoms with van der Waals surface area (Å²) in [5.41, 5.74) is 5.27. The zero-order chi connectivity index (χ0) is 9.02. The predicted octanol–water partition coefficient (Wildman–Crippen LogP) is -0.231. The van der Waals surface area contributed by atoms with Crippen LogP contribution in [-0.4, -0.2) is 28.2 Å². The maximum atomic E-state index is 10.4. The number of carbonyl (C=O) groups is 1. The second-order valence-corrected chi connectivity index (χ2v) is 3.41. The lowest BCUT2D eigenvalue weighted by Gasteiger charge is -2.08. The van der Waals surface area contributed by atoms with Crippen LogP contribution in [0.25, 0.3) is 0 Å². The van der Waals surface area contributed by atoms with Crippen LogP contribution in [0.4, 0.5) is 0 Å². The number of aliphatic carboxylic acids is 1. The maximum absolute atomic E-state index is 10.4. The van der Waals surface area contributed by atoms with Gasteiger partial charge in [-0.1, -0.05) is 0 Å². The minimum absolute atomic E-state index is 0.275. The quantitative estimate of drug-likeness (QED) is 0.519. The lowest BCUT2D eigenvalue weighted by Crippen LogP contribution is -2.34. The molecule has 0 rings (SSSR count). The second-order valence-electron chi connectivity index (χ2n) is 2.34. The highest BCUT2D eigenvalue weighted by Gasteiger charge is 2.30. The molecular formula is C5H11NO4P+. The third-order valence-electron chi connectivity index (χ3n) is 1.30. The molecule has 0 radical (unpaired) electrons. The molecule has 0 aliphatic rings. The summed E-state index contributed by atoms with van der Waals surface area (Å²) in [5, 5.41) is 8.47. The van der Waals surface area contributed by atoms with Crippen molar-refractivity contribution in [2.24, 2.45) is 11.7 Å². The van der Waals surface area contributed by atoms with E-state index in [0.717, 1.165) is 0 Å². The summed E-state index contributed by atoms with van der Waals surface area (Å²) >= 11 is 0. The van der Waals surface area contributed by atoms with Crippen LogP contribution in [0.3, 0.4) is 0 Å². The Morgan fingerprint density at radius 2 is 2.18 bits per heavy atom. The molecule has 0 aliphatic carbocycles. The summed E-state index contributed by atoms with van der Waals surface area (Å²) in [4.78, 5) is 18.8. The molecule has 6 heteroatoms. The minimum Gasteiger partial charge on any atom is -0.481 e. The highest BCUT2D eigenvalue weighted by Crippen LogP contribution is 2.19. The molecule has 0 fully saturated rings. The Labute approximate surface area is 65.1 Å². The first-order valence-electron chi connectivity index (χ1n) is 3.07. The van der Waals surface area contributed by atoms with Gasteiger partial charge >= 0.3 is 14.0 Å². The summed E-state index contributed by atoms with van der Waals surface area (Å²) in [7, 11) is -2.42. The molecule has 0 aromatic heterocycles. The van der Waals surface area contributed by atoms with Crippen molar-refractivity contribution in [3.05, 3.63) is 0 Å². The van der Waals surface area contributed by atoms with E-state index < -0.39 is 26.0 Å².